The molecule has 104 valence electrons. The third kappa shape index (κ3) is 3.77. The van der Waals surface area contributed by atoms with E-state index in [1.165, 1.54) is 30.3 Å². The zero-order chi connectivity index (χ0) is 14.7. The van der Waals surface area contributed by atoms with Gasteiger partial charge in [-0.3, -0.25) is 5.21 Å². The molecule has 0 unspecified atom stereocenters. The van der Waals surface area contributed by atoms with Crippen LogP contribution in [0.5, 0.6) is 0 Å². The highest BCUT2D eigenvalue weighted by Gasteiger charge is 2.13. The van der Waals surface area contributed by atoms with E-state index >= 15 is 0 Å². The number of nitrogens with one attached hydrogen (secondary N) is 1. The minimum absolute atomic E-state index is 0.278. The molecule has 7 heteroatoms. The summed E-state index contributed by atoms with van der Waals surface area (Å²) in [5.74, 6) is 0. The quantitative estimate of drug-likeness (QED) is 0.596. The molecule has 0 bridgehead atoms. The van der Waals surface area contributed by atoms with E-state index in [9.17, 15) is 10.0 Å². The third-order valence-electron chi connectivity index (χ3n) is 2.38. The van der Waals surface area contributed by atoms with Gasteiger partial charge >= 0.3 is 6.03 Å². The molecule has 2 rings (SSSR count). The first-order chi connectivity index (χ1) is 9.45. The topological polar surface area (TPSA) is 52.6 Å². The summed E-state index contributed by atoms with van der Waals surface area (Å²) in [6, 6.07) is 9.95. The summed E-state index contributed by atoms with van der Waals surface area (Å²) < 4.78 is 0. The van der Waals surface area contributed by atoms with Gasteiger partial charge in [-0.15, -0.1) is 0 Å². The average Bonchev–Trinajstić information content (AvgIpc) is 2.37. The summed E-state index contributed by atoms with van der Waals surface area (Å²) in [6.07, 6.45) is 0. The Bertz CT molecular complexity index is 612. The summed E-state index contributed by atoms with van der Waals surface area (Å²) in [6.45, 7) is 0. The van der Waals surface area contributed by atoms with Gasteiger partial charge in [0.15, 0.2) is 0 Å². The maximum atomic E-state index is 11.9. The van der Waals surface area contributed by atoms with E-state index in [2.05, 4.69) is 5.32 Å². The van der Waals surface area contributed by atoms with Crippen LogP contribution in [0.25, 0.3) is 0 Å². The molecule has 2 N–H and O–H groups in total. The Labute approximate surface area is 130 Å². The lowest BCUT2D eigenvalue weighted by molar-refractivity contribution is 0.216. The van der Waals surface area contributed by atoms with Crippen molar-refractivity contribution in [2.45, 2.75) is 0 Å². The average molecular weight is 332 g/mol. The lowest BCUT2D eigenvalue weighted by Gasteiger charge is -2.16. The number of urea groups is 1. The number of carbonyl (C=O) groups is 1. The molecule has 0 heterocycles. The number of hydroxylamine groups is 1. The van der Waals surface area contributed by atoms with Crippen LogP contribution >= 0.6 is 34.8 Å². The molecule has 0 aliphatic heterocycles. The number of hydrogen-bond acceptors (Lipinski definition) is 2. The van der Waals surface area contributed by atoms with Gasteiger partial charge in [0.25, 0.3) is 0 Å². The summed E-state index contributed by atoms with van der Waals surface area (Å²) in [7, 11) is 0. The summed E-state index contributed by atoms with van der Waals surface area (Å²) in [5.41, 5.74) is 0.653. The van der Waals surface area contributed by atoms with Crippen molar-refractivity contribution in [3.05, 3.63) is 57.5 Å². The molecule has 2 amide bonds. The number of rotatable bonds is 2. The molecule has 0 fully saturated rings. The Hall–Kier alpha value is -1.46. The summed E-state index contributed by atoms with van der Waals surface area (Å²) in [5, 5.41) is 14.0. The predicted molar refractivity (Wildman–Crippen MR) is 81.2 cm³/mol. The predicted octanol–water partition coefficient (Wildman–Crippen LogP) is 5.07. The molecule has 2 aromatic rings. The second-order valence-corrected chi connectivity index (χ2v) is 5.19. The lowest BCUT2D eigenvalue weighted by atomic mass is 10.3. The first-order valence-corrected chi connectivity index (χ1v) is 6.61. The van der Waals surface area contributed by atoms with Crippen molar-refractivity contribution in [1.82, 2.24) is 0 Å². The number of hydrogen-bond donors (Lipinski definition) is 2. The van der Waals surface area contributed by atoms with E-state index in [1.807, 2.05) is 0 Å². The van der Waals surface area contributed by atoms with Crippen LogP contribution in [0.4, 0.5) is 16.2 Å². The molecule has 0 aliphatic rings. The fourth-order valence-corrected chi connectivity index (χ4v) is 2.15. The molecular formula is C13H9Cl3N2O2. The van der Waals surface area contributed by atoms with Crippen molar-refractivity contribution in [2.75, 3.05) is 10.4 Å². The molecule has 0 radical (unpaired) electrons. The summed E-state index contributed by atoms with van der Waals surface area (Å²) >= 11 is 17.4. The van der Waals surface area contributed by atoms with Crippen LogP contribution in [-0.4, -0.2) is 11.2 Å². The van der Waals surface area contributed by atoms with Crippen molar-refractivity contribution in [1.29, 1.82) is 0 Å². The molecular weight excluding hydrogens is 323 g/mol. The van der Waals surface area contributed by atoms with Crippen molar-refractivity contribution in [3.63, 3.8) is 0 Å². The second kappa shape index (κ2) is 6.33. The van der Waals surface area contributed by atoms with E-state index in [0.29, 0.717) is 25.8 Å². The maximum Gasteiger partial charge on any atom is 0.350 e. The number of carbonyl (C=O) groups excluding carboxylic acids is 1. The monoisotopic (exact) mass is 330 g/mol. The van der Waals surface area contributed by atoms with E-state index in [-0.39, 0.29) is 5.69 Å². The Morgan fingerprint density at radius 2 is 1.50 bits per heavy atom. The van der Waals surface area contributed by atoms with Crippen LogP contribution < -0.4 is 10.4 Å². The van der Waals surface area contributed by atoms with Crippen molar-refractivity contribution < 1.29 is 10.0 Å². The number of amides is 2. The fourth-order valence-electron chi connectivity index (χ4n) is 1.50. The Kier molecular flexibility index (Phi) is 4.73. The van der Waals surface area contributed by atoms with Gasteiger partial charge in [-0.2, -0.15) is 5.06 Å². The number of benzene rings is 2. The van der Waals surface area contributed by atoms with Crippen LogP contribution in [0.15, 0.2) is 42.5 Å². The van der Waals surface area contributed by atoms with Gasteiger partial charge in [0.1, 0.15) is 0 Å². The fraction of sp³-hybridized carbons (Fsp3) is 0. The smallest absolute Gasteiger partial charge is 0.306 e. The Balaban J connectivity index is 2.13. The van der Waals surface area contributed by atoms with Gasteiger partial charge in [-0.05, 0) is 42.5 Å². The molecule has 0 spiro atoms. The van der Waals surface area contributed by atoms with Gasteiger partial charge in [-0.1, -0.05) is 34.8 Å². The van der Waals surface area contributed by atoms with E-state index in [4.69, 9.17) is 34.8 Å². The number of nitrogens with zero attached hydrogens (tertiary/aromatic N) is 1. The van der Waals surface area contributed by atoms with Crippen molar-refractivity contribution >= 4 is 52.2 Å². The zero-order valence-corrected chi connectivity index (χ0v) is 12.2. The minimum atomic E-state index is -0.745. The molecule has 4 nitrogen and oxygen atoms in total. The highest BCUT2D eigenvalue weighted by atomic mass is 35.5. The standard InChI is InChI=1S/C13H9Cl3N2O2/c14-8-1-3-12(4-2-8)18(20)13(19)17-11-6-9(15)5-10(16)7-11/h1-7,20H,(H,17,19). The molecule has 0 aliphatic carbocycles. The van der Waals surface area contributed by atoms with Gasteiger partial charge in [-0.25, -0.2) is 4.79 Å². The normalized spacial score (nSPS) is 10.2. The molecule has 0 saturated heterocycles. The Morgan fingerprint density at radius 3 is 2.05 bits per heavy atom. The van der Waals surface area contributed by atoms with Crippen LogP contribution in [-0.2, 0) is 0 Å². The lowest BCUT2D eigenvalue weighted by Crippen LogP contribution is -2.31. The third-order valence-corrected chi connectivity index (χ3v) is 3.07. The number of halogens is 3. The van der Waals surface area contributed by atoms with E-state index in [0.717, 1.165) is 0 Å². The van der Waals surface area contributed by atoms with Crippen LogP contribution in [0.1, 0.15) is 0 Å². The molecule has 20 heavy (non-hydrogen) atoms. The van der Waals surface area contributed by atoms with Crippen LogP contribution in [0.3, 0.4) is 0 Å². The highest BCUT2D eigenvalue weighted by Crippen LogP contribution is 2.23. The van der Waals surface area contributed by atoms with Crippen LogP contribution in [0.2, 0.25) is 15.1 Å². The van der Waals surface area contributed by atoms with Gasteiger partial charge < -0.3 is 5.32 Å². The SMILES string of the molecule is O=C(Nc1cc(Cl)cc(Cl)c1)N(O)c1ccc(Cl)cc1. The van der Waals surface area contributed by atoms with E-state index < -0.39 is 6.03 Å². The molecule has 2 aromatic carbocycles. The second-order valence-electron chi connectivity index (χ2n) is 3.88. The Morgan fingerprint density at radius 1 is 0.950 bits per heavy atom. The van der Waals surface area contributed by atoms with Crippen LogP contribution in [0, 0.1) is 0 Å². The maximum absolute atomic E-state index is 11.9. The first kappa shape index (κ1) is 14.9. The molecule has 0 atom stereocenters. The number of anilines is 2. The zero-order valence-electron chi connectivity index (χ0n) is 9.98. The molecule has 0 saturated carbocycles. The highest BCUT2D eigenvalue weighted by molar-refractivity contribution is 6.35. The summed E-state index contributed by atoms with van der Waals surface area (Å²) in [4.78, 5) is 11.9. The largest absolute Gasteiger partial charge is 0.350 e. The first-order valence-electron chi connectivity index (χ1n) is 5.47. The van der Waals surface area contributed by atoms with Gasteiger partial charge in [0.2, 0.25) is 0 Å². The minimum Gasteiger partial charge on any atom is -0.306 e. The van der Waals surface area contributed by atoms with Gasteiger partial charge in [0, 0.05) is 20.8 Å². The van der Waals surface area contributed by atoms with Crippen molar-refractivity contribution in [2.24, 2.45) is 0 Å². The van der Waals surface area contributed by atoms with Crippen molar-refractivity contribution in [3.8, 4) is 0 Å². The van der Waals surface area contributed by atoms with E-state index in [1.54, 1.807) is 12.1 Å². The molecule has 0 aromatic heterocycles. The van der Waals surface area contributed by atoms with Gasteiger partial charge in [0.05, 0.1) is 5.69 Å².